The lowest BCUT2D eigenvalue weighted by Gasteiger charge is -2.37. The van der Waals surface area contributed by atoms with Crippen molar-refractivity contribution in [2.45, 2.75) is 31.2 Å². The number of urea groups is 1. The minimum atomic E-state index is -0.304. The summed E-state index contributed by atoms with van der Waals surface area (Å²) in [4.78, 5) is 15.3. The normalized spacial score (nSPS) is 16.6. The van der Waals surface area contributed by atoms with Crippen LogP contribution in [-0.4, -0.2) is 45.4 Å². The van der Waals surface area contributed by atoms with E-state index in [0.29, 0.717) is 42.7 Å². The summed E-state index contributed by atoms with van der Waals surface area (Å²) in [6.45, 7) is 0.855. The molecule has 0 aromatic heterocycles. The fourth-order valence-corrected chi connectivity index (χ4v) is 4.75. The van der Waals surface area contributed by atoms with E-state index in [4.69, 9.17) is 18.9 Å². The number of methoxy groups -OCH3 is 3. The third-order valence-corrected chi connectivity index (χ3v) is 6.94. The van der Waals surface area contributed by atoms with Gasteiger partial charge in [-0.15, -0.1) is 0 Å². The van der Waals surface area contributed by atoms with Gasteiger partial charge in [0, 0.05) is 12.2 Å². The molecule has 1 fully saturated rings. The number of hydrogen-bond donors (Lipinski definition) is 1. The Balaban J connectivity index is 1.39. The van der Waals surface area contributed by atoms with Gasteiger partial charge in [0.1, 0.15) is 18.1 Å². The molecule has 7 heteroatoms. The molecule has 2 amide bonds. The van der Waals surface area contributed by atoms with Crippen LogP contribution < -0.4 is 24.3 Å². The second-order valence-corrected chi connectivity index (χ2v) is 9.18. The number of nitrogens with zero attached hydrogens (tertiary/aromatic N) is 1. The highest BCUT2D eigenvalue weighted by Gasteiger charge is 2.33. The second kappa shape index (κ2) is 10.4. The third-order valence-electron chi connectivity index (χ3n) is 6.94. The number of rotatable bonds is 8. The summed E-state index contributed by atoms with van der Waals surface area (Å²) in [5.41, 5.74) is 4.24. The van der Waals surface area contributed by atoms with Crippen LogP contribution in [0.2, 0.25) is 0 Å². The van der Waals surface area contributed by atoms with E-state index < -0.39 is 0 Å². The van der Waals surface area contributed by atoms with Gasteiger partial charge in [0.15, 0.2) is 11.5 Å². The maximum absolute atomic E-state index is 13.5. The molecule has 3 aromatic carbocycles. The number of amides is 2. The van der Waals surface area contributed by atoms with Crippen LogP contribution in [0.3, 0.4) is 0 Å². The zero-order valence-corrected chi connectivity index (χ0v) is 21.0. The van der Waals surface area contributed by atoms with E-state index in [1.807, 2.05) is 53.4 Å². The van der Waals surface area contributed by atoms with Crippen LogP contribution in [0.5, 0.6) is 23.0 Å². The quantitative estimate of drug-likeness (QED) is 0.434. The van der Waals surface area contributed by atoms with Crippen LogP contribution in [-0.2, 0) is 6.42 Å². The molecule has 0 saturated heterocycles. The molecule has 1 atom stereocenters. The average Bonchev–Trinajstić information content (AvgIpc) is 3.77. The number of carbonyl (C=O) groups is 1. The van der Waals surface area contributed by atoms with Crippen molar-refractivity contribution in [2.24, 2.45) is 0 Å². The molecule has 0 bridgehead atoms. The second-order valence-electron chi connectivity index (χ2n) is 9.18. The van der Waals surface area contributed by atoms with Crippen molar-refractivity contribution in [3.05, 3.63) is 77.4 Å². The van der Waals surface area contributed by atoms with Crippen LogP contribution in [0.4, 0.5) is 10.5 Å². The Bertz CT molecular complexity index is 1210. The van der Waals surface area contributed by atoms with Gasteiger partial charge in [-0.05, 0) is 90.4 Å². The predicted octanol–water partition coefficient (Wildman–Crippen LogP) is 5.80. The highest BCUT2D eigenvalue weighted by atomic mass is 16.5. The van der Waals surface area contributed by atoms with Gasteiger partial charge >= 0.3 is 6.03 Å². The van der Waals surface area contributed by atoms with Crippen LogP contribution in [0.15, 0.2) is 60.7 Å². The fourth-order valence-electron chi connectivity index (χ4n) is 4.75. The van der Waals surface area contributed by atoms with Gasteiger partial charge in [0.05, 0.1) is 27.4 Å². The standard InChI is InChI=1S/C29H32N2O5/c1-33-23-10-12-24(13-11-23)36-18-26-25-17-28(35-3)27(34-2)16-21(25)14-15-31(26)29(32)30-22-8-6-20(7-9-22)19-4-5-19/h6-13,16-17,19,26H,4-5,14-15,18H2,1-3H3,(H,30,32). The first-order chi connectivity index (χ1) is 17.6. The molecule has 1 unspecified atom stereocenters. The number of ether oxygens (including phenoxy) is 4. The lowest BCUT2D eigenvalue weighted by Crippen LogP contribution is -2.44. The van der Waals surface area contributed by atoms with Crippen LogP contribution >= 0.6 is 0 Å². The van der Waals surface area contributed by atoms with E-state index in [9.17, 15) is 4.79 Å². The zero-order chi connectivity index (χ0) is 25.1. The van der Waals surface area contributed by atoms with Gasteiger partial charge < -0.3 is 29.2 Å². The van der Waals surface area contributed by atoms with Crippen molar-refractivity contribution in [1.29, 1.82) is 0 Å². The molecule has 3 aromatic rings. The summed E-state index contributed by atoms with van der Waals surface area (Å²) in [6.07, 6.45) is 3.22. The van der Waals surface area contributed by atoms with Crippen molar-refractivity contribution in [2.75, 3.05) is 39.8 Å². The summed E-state index contributed by atoms with van der Waals surface area (Å²) in [5.74, 6) is 3.46. The fraction of sp³-hybridized carbons (Fsp3) is 0.345. The summed E-state index contributed by atoms with van der Waals surface area (Å²) in [7, 11) is 4.88. The molecule has 1 N–H and O–H groups in total. The van der Waals surface area contributed by atoms with Gasteiger partial charge in [0.25, 0.3) is 0 Å². The molecule has 1 aliphatic carbocycles. The molecule has 0 radical (unpaired) electrons. The lowest BCUT2D eigenvalue weighted by atomic mass is 9.92. The van der Waals surface area contributed by atoms with Crippen molar-refractivity contribution in [3.8, 4) is 23.0 Å². The van der Waals surface area contributed by atoms with Crippen LogP contribution in [0, 0.1) is 0 Å². The molecule has 188 valence electrons. The number of nitrogens with one attached hydrogen (secondary N) is 1. The first-order valence-electron chi connectivity index (χ1n) is 12.3. The van der Waals surface area contributed by atoms with E-state index >= 15 is 0 Å². The summed E-state index contributed by atoms with van der Waals surface area (Å²) in [5, 5.41) is 3.08. The number of carbonyl (C=O) groups excluding carboxylic acids is 1. The van der Waals surface area contributed by atoms with Crippen LogP contribution in [0.25, 0.3) is 0 Å². The molecular formula is C29H32N2O5. The van der Waals surface area contributed by atoms with Crippen LogP contribution in [0.1, 0.15) is 41.5 Å². The molecular weight excluding hydrogens is 456 g/mol. The van der Waals surface area contributed by atoms with Gasteiger partial charge in [-0.25, -0.2) is 4.79 Å². The minimum Gasteiger partial charge on any atom is -0.497 e. The van der Waals surface area contributed by atoms with E-state index in [-0.39, 0.29) is 12.1 Å². The van der Waals surface area contributed by atoms with E-state index in [1.165, 1.54) is 18.4 Å². The zero-order valence-electron chi connectivity index (χ0n) is 21.0. The first kappa shape index (κ1) is 23.9. The molecule has 5 rings (SSSR count). The van der Waals surface area contributed by atoms with Crippen molar-refractivity contribution >= 4 is 11.7 Å². The van der Waals surface area contributed by atoms with E-state index in [1.54, 1.807) is 21.3 Å². The highest BCUT2D eigenvalue weighted by molar-refractivity contribution is 5.90. The Morgan fingerprint density at radius 2 is 1.56 bits per heavy atom. The summed E-state index contributed by atoms with van der Waals surface area (Å²) >= 11 is 0. The average molecular weight is 489 g/mol. The monoisotopic (exact) mass is 488 g/mol. The topological polar surface area (TPSA) is 69.3 Å². The first-order valence-corrected chi connectivity index (χ1v) is 12.3. The SMILES string of the molecule is COc1ccc(OCC2c3cc(OC)c(OC)cc3CCN2C(=O)Nc2ccc(C3CC3)cc2)cc1. The Hall–Kier alpha value is -3.87. The number of fused-ring (bicyclic) bond motifs is 1. The molecule has 1 aliphatic heterocycles. The maximum atomic E-state index is 13.5. The molecule has 2 aliphatic rings. The molecule has 7 nitrogen and oxygen atoms in total. The summed E-state index contributed by atoms with van der Waals surface area (Å²) in [6, 6.07) is 19.1. The number of benzene rings is 3. The smallest absolute Gasteiger partial charge is 0.322 e. The van der Waals surface area contributed by atoms with Crippen molar-refractivity contribution < 1.29 is 23.7 Å². The molecule has 1 saturated carbocycles. The number of anilines is 1. The molecule has 0 spiro atoms. The van der Waals surface area contributed by atoms with Gasteiger partial charge in [-0.3, -0.25) is 0 Å². The number of hydrogen-bond acceptors (Lipinski definition) is 5. The van der Waals surface area contributed by atoms with Crippen molar-refractivity contribution in [1.82, 2.24) is 4.90 Å². The molecule has 36 heavy (non-hydrogen) atoms. The van der Waals surface area contributed by atoms with Crippen molar-refractivity contribution in [3.63, 3.8) is 0 Å². The van der Waals surface area contributed by atoms with E-state index in [2.05, 4.69) is 17.4 Å². The lowest BCUT2D eigenvalue weighted by molar-refractivity contribution is 0.144. The Morgan fingerprint density at radius 1 is 0.889 bits per heavy atom. The van der Waals surface area contributed by atoms with Gasteiger partial charge in [-0.2, -0.15) is 0 Å². The largest absolute Gasteiger partial charge is 0.497 e. The highest BCUT2D eigenvalue weighted by Crippen LogP contribution is 2.41. The van der Waals surface area contributed by atoms with E-state index in [0.717, 1.165) is 22.6 Å². The van der Waals surface area contributed by atoms with Gasteiger partial charge in [0.2, 0.25) is 0 Å². The molecule has 1 heterocycles. The summed E-state index contributed by atoms with van der Waals surface area (Å²) < 4.78 is 22.5. The third kappa shape index (κ3) is 5.05. The Morgan fingerprint density at radius 3 is 2.19 bits per heavy atom. The van der Waals surface area contributed by atoms with Gasteiger partial charge in [-0.1, -0.05) is 12.1 Å². The Kier molecular flexibility index (Phi) is 6.89. The maximum Gasteiger partial charge on any atom is 0.322 e. The predicted molar refractivity (Wildman–Crippen MR) is 139 cm³/mol. The minimum absolute atomic E-state index is 0.155. The Labute approximate surface area is 211 Å².